The zero-order valence-corrected chi connectivity index (χ0v) is 13.9. The molecule has 1 atom stereocenters. The molecule has 6 heteroatoms. The maximum atomic E-state index is 12.1. The van der Waals surface area contributed by atoms with Gasteiger partial charge in [-0.25, -0.2) is 12.7 Å². The van der Waals surface area contributed by atoms with Crippen molar-refractivity contribution in [1.82, 2.24) is 9.62 Å². The van der Waals surface area contributed by atoms with E-state index in [-0.39, 0.29) is 0 Å². The van der Waals surface area contributed by atoms with Crippen molar-refractivity contribution in [2.24, 2.45) is 0 Å². The van der Waals surface area contributed by atoms with Crippen LogP contribution in [0.25, 0.3) is 0 Å². The van der Waals surface area contributed by atoms with Crippen LogP contribution in [-0.4, -0.2) is 52.5 Å². The van der Waals surface area contributed by atoms with Crippen LogP contribution >= 0.6 is 0 Å². The Kier molecular flexibility index (Phi) is 5.24. The highest BCUT2D eigenvalue weighted by Crippen LogP contribution is 2.23. The fourth-order valence-electron chi connectivity index (χ4n) is 2.69. The molecule has 1 aliphatic heterocycles. The van der Waals surface area contributed by atoms with Gasteiger partial charge in [-0.1, -0.05) is 6.92 Å². The minimum absolute atomic E-state index is 0.345. The molecule has 0 amide bonds. The van der Waals surface area contributed by atoms with E-state index in [1.807, 2.05) is 12.1 Å². The maximum absolute atomic E-state index is 12.1. The highest BCUT2D eigenvalue weighted by Gasteiger charge is 2.23. The standard InChI is InChI=1S/C15H25N3O2S/c1-4-11-18(14-9-10-16-12-14)13-5-7-15(8-6-13)21(19,20)17(2)3/h5-8,14,16H,4,9-12H2,1-3H3. The monoisotopic (exact) mass is 311 g/mol. The molecule has 0 aliphatic carbocycles. The van der Waals surface area contributed by atoms with Gasteiger partial charge in [-0.2, -0.15) is 0 Å². The molecule has 1 aliphatic rings. The molecule has 1 N–H and O–H groups in total. The first-order valence-electron chi connectivity index (χ1n) is 7.46. The van der Waals surface area contributed by atoms with Crippen molar-refractivity contribution in [2.75, 3.05) is 38.6 Å². The van der Waals surface area contributed by atoms with Crippen LogP contribution < -0.4 is 10.2 Å². The van der Waals surface area contributed by atoms with Gasteiger partial charge in [0, 0.05) is 38.9 Å². The molecular weight excluding hydrogens is 286 g/mol. The van der Waals surface area contributed by atoms with E-state index in [0.717, 1.165) is 38.2 Å². The highest BCUT2D eigenvalue weighted by molar-refractivity contribution is 7.89. The Bertz CT molecular complexity index is 549. The predicted molar refractivity (Wildman–Crippen MR) is 86.2 cm³/mol. The molecular formula is C15H25N3O2S. The molecule has 0 radical (unpaired) electrons. The van der Waals surface area contributed by atoms with E-state index in [2.05, 4.69) is 17.1 Å². The van der Waals surface area contributed by atoms with Crippen molar-refractivity contribution in [3.63, 3.8) is 0 Å². The Hall–Kier alpha value is -1.11. The lowest BCUT2D eigenvalue weighted by atomic mass is 10.1. The second kappa shape index (κ2) is 6.77. The third-order valence-electron chi connectivity index (χ3n) is 3.89. The Morgan fingerprint density at radius 1 is 1.24 bits per heavy atom. The molecule has 0 bridgehead atoms. The summed E-state index contributed by atoms with van der Waals surface area (Å²) in [4.78, 5) is 2.73. The largest absolute Gasteiger partial charge is 0.367 e. The van der Waals surface area contributed by atoms with Crippen LogP contribution in [0.1, 0.15) is 19.8 Å². The molecule has 1 unspecified atom stereocenters. The molecule has 0 saturated carbocycles. The Labute approximate surface area is 128 Å². The second-order valence-electron chi connectivity index (χ2n) is 5.62. The fourth-order valence-corrected chi connectivity index (χ4v) is 3.59. The molecule has 5 nitrogen and oxygen atoms in total. The molecule has 1 heterocycles. The summed E-state index contributed by atoms with van der Waals surface area (Å²) in [5.41, 5.74) is 1.10. The van der Waals surface area contributed by atoms with Gasteiger partial charge in [0.05, 0.1) is 4.90 Å². The van der Waals surface area contributed by atoms with E-state index in [9.17, 15) is 8.42 Å². The van der Waals surface area contributed by atoms with Gasteiger partial charge >= 0.3 is 0 Å². The molecule has 1 aromatic carbocycles. The van der Waals surface area contributed by atoms with E-state index < -0.39 is 10.0 Å². The number of anilines is 1. The quantitative estimate of drug-likeness (QED) is 0.865. The average molecular weight is 311 g/mol. The first-order valence-corrected chi connectivity index (χ1v) is 8.90. The van der Waals surface area contributed by atoms with Gasteiger partial charge < -0.3 is 10.2 Å². The van der Waals surface area contributed by atoms with Crippen LogP contribution in [-0.2, 0) is 10.0 Å². The fraction of sp³-hybridized carbons (Fsp3) is 0.600. The molecule has 1 aromatic rings. The van der Waals surface area contributed by atoms with Gasteiger partial charge in [0.1, 0.15) is 0 Å². The SMILES string of the molecule is CCCN(c1ccc(S(=O)(=O)N(C)C)cc1)C1CCNC1. The van der Waals surface area contributed by atoms with Gasteiger partial charge in [-0.05, 0) is 43.7 Å². The molecule has 21 heavy (non-hydrogen) atoms. The van der Waals surface area contributed by atoms with Gasteiger partial charge in [0.25, 0.3) is 0 Å². The van der Waals surface area contributed by atoms with Gasteiger partial charge in [-0.15, -0.1) is 0 Å². The summed E-state index contributed by atoms with van der Waals surface area (Å²) in [7, 11) is -0.243. The summed E-state index contributed by atoms with van der Waals surface area (Å²) >= 11 is 0. The lowest BCUT2D eigenvalue weighted by Crippen LogP contribution is -2.37. The molecule has 0 spiro atoms. The summed E-state index contributed by atoms with van der Waals surface area (Å²) in [6, 6.07) is 7.75. The summed E-state index contributed by atoms with van der Waals surface area (Å²) in [6.45, 7) is 5.21. The lowest BCUT2D eigenvalue weighted by molar-refractivity contribution is 0.520. The number of nitrogens with one attached hydrogen (secondary N) is 1. The predicted octanol–water partition coefficient (Wildman–Crippen LogP) is 1.52. The van der Waals surface area contributed by atoms with E-state index in [4.69, 9.17) is 0 Å². The molecule has 1 saturated heterocycles. The van der Waals surface area contributed by atoms with Crippen molar-refractivity contribution in [2.45, 2.75) is 30.7 Å². The van der Waals surface area contributed by atoms with E-state index in [1.54, 1.807) is 26.2 Å². The molecule has 118 valence electrons. The molecule has 2 rings (SSSR count). The van der Waals surface area contributed by atoms with Crippen LogP contribution in [0.2, 0.25) is 0 Å². The van der Waals surface area contributed by atoms with Crippen molar-refractivity contribution >= 4 is 15.7 Å². The van der Waals surface area contributed by atoms with Crippen molar-refractivity contribution < 1.29 is 8.42 Å². The molecule has 1 fully saturated rings. The minimum Gasteiger partial charge on any atom is -0.367 e. The summed E-state index contributed by atoms with van der Waals surface area (Å²) in [5, 5.41) is 3.39. The number of nitrogens with zero attached hydrogens (tertiary/aromatic N) is 2. The Morgan fingerprint density at radius 2 is 1.90 bits per heavy atom. The Morgan fingerprint density at radius 3 is 2.38 bits per heavy atom. The van der Waals surface area contributed by atoms with Crippen LogP contribution in [0.5, 0.6) is 0 Å². The van der Waals surface area contributed by atoms with Crippen LogP contribution in [0, 0.1) is 0 Å². The zero-order chi connectivity index (χ0) is 15.5. The summed E-state index contributed by atoms with van der Waals surface area (Å²) < 4.78 is 25.4. The lowest BCUT2D eigenvalue weighted by Gasteiger charge is -2.30. The van der Waals surface area contributed by atoms with Gasteiger partial charge in [0.15, 0.2) is 0 Å². The highest BCUT2D eigenvalue weighted by atomic mass is 32.2. The number of sulfonamides is 1. The minimum atomic E-state index is -3.35. The first kappa shape index (κ1) is 16.3. The van der Waals surface area contributed by atoms with Gasteiger partial charge in [0.2, 0.25) is 10.0 Å². The molecule has 0 aromatic heterocycles. The van der Waals surface area contributed by atoms with E-state index in [1.165, 1.54) is 4.31 Å². The third-order valence-corrected chi connectivity index (χ3v) is 5.72. The zero-order valence-electron chi connectivity index (χ0n) is 13.0. The number of hydrogen-bond acceptors (Lipinski definition) is 4. The van der Waals surface area contributed by atoms with Crippen molar-refractivity contribution in [1.29, 1.82) is 0 Å². The smallest absolute Gasteiger partial charge is 0.242 e. The van der Waals surface area contributed by atoms with E-state index in [0.29, 0.717) is 10.9 Å². The normalized spacial score (nSPS) is 19.1. The van der Waals surface area contributed by atoms with Crippen molar-refractivity contribution in [3.05, 3.63) is 24.3 Å². The van der Waals surface area contributed by atoms with Gasteiger partial charge in [-0.3, -0.25) is 0 Å². The topological polar surface area (TPSA) is 52.7 Å². The summed E-state index contributed by atoms with van der Waals surface area (Å²) in [6.07, 6.45) is 2.21. The first-order chi connectivity index (χ1) is 9.96. The second-order valence-corrected chi connectivity index (χ2v) is 7.77. The summed E-state index contributed by atoms with van der Waals surface area (Å²) in [5.74, 6) is 0. The maximum Gasteiger partial charge on any atom is 0.242 e. The Balaban J connectivity index is 2.23. The van der Waals surface area contributed by atoms with E-state index >= 15 is 0 Å². The van der Waals surface area contributed by atoms with Crippen LogP contribution in [0.3, 0.4) is 0 Å². The van der Waals surface area contributed by atoms with Crippen LogP contribution in [0.4, 0.5) is 5.69 Å². The third kappa shape index (κ3) is 3.56. The van der Waals surface area contributed by atoms with Crippen molar-refractivity contribution in [3.8, 4) is 0 Å². The van der Waals surface area contributed by atoms with Crippen LogP contribution in [0.15, 0.2) is 29.2 Å². The number of hydrogen-bond donors (Lipinski definition) is 1. The number of benzene rings is 1. The number of rotatable bonds is 6. The average Bonchev–Trinajstić information content (AvgIpc) is 2.98.